The Labute approximate surface area is 119 Å². The van der Waals surface area contributed by atoms with E-state index in [1.165, 1.54) is 32.1 Å². The zero-order chi connectivity index (χ0) is 13.2. The molecule has 2 fully saturated rings. The van der Waals surface area contributed by atoms with Crippen LogP contribution in [0.5, 0.6) is 0 Å². The lowest BCUT2D eigenvalue weighted by Crippen LogP contribution is -2.42. The number of piperidine rings is 1. The minimum absolute atomic E-state index is 0.714. The van der Waals surface area contributed by atoms with Crippen LogP contribution >= 0.6 is 11.6 Å². The second-order valence-corrected chi connectivity index (χ2v) is 6.30. The lowest BCUT2D eigenvalue weighted by atomic mass is 9.75. The van der Waals surface area contributed by atoms with E-state index in [1.807, 2.05) is 12.1 Å². The molecular formula is C16H20ClNO. The highest BCUT2D eigenvalue weighted by Crippen LogP contribution is 2.38. The smallest absolute Gasteiger partial charge is 0.152 e. The largest absolute Gasteiger partial charge is 0.371 e. The highest BCUT2D eigenvalue weighted by molar-refractivity contribution is 6.31. The van der Waals surface area contributed by atoms with E-state index in [2.05, 4.69) is 4.90 Å². The van der Waals surface area contributed by atoms with E-state index in [-0.39, 0.29) is 0 Å². The van der Waals surface area contributed by atoms with Crippen molar-refractivity contribution >= 4 is 23.6 Å². The van der Waals surface area contributed by atoms with Crippen molar-refractivity contribution in [2.45, 2.75) is 32.1 Å². The average Bonchev–Trinajstić information content (AvgIpc) is 2.46. The number of fused-ring (bicyclic) bond motifs is 1. The first-order valence-corrected chi connectivity index (χ1v) is 7.65. The van der Waals surface area contributed by atoms with Crippen molar-refractivity contribution in [1.82, 2.24) is 0 Å². The number of carbonyl (C=O) groups is 1. The van der Waals surface area contributed by atoms with Gasteiger partial charge in [0, 0.05) is 29.4 Å². The molecule has 2 nitrogen and oxygen atoms in total. The Bertz CT molecular complexity index is 474. The molecule has 0 N–H and O–H groups in total. The summed E-state index contributed by atoms with van der Waals surface area (Å²) in [5, 5.41) is 0.714. The predicted molar refractivity (Wildman–Crippen MR) is 79.1 cm³/mol. The summed E-state index contributed by atoms with van der Waals surface area (Å²) in [6, 6.07) is 5.56. The minimum atomic E-state index is 0.714. The molecule has 2 aliphatic rings. The van der Waals surface area contributed by atoms with E-state index >= 15 is 0 Å². The van der Waals surface area contributed by atoms with Crippen LogP contribution < -0.4 is 4.90 Å². The molecule has 2 atom stereocenters. The molecule has 102 valence electrons. The van der Waals surface area contributed by atoms with Crippen LogP contribution in [0.2, 0.25) is 5.02 Å². The lowest BCUT2D eigenvalue weighted by Gasteiger charge is -2.42. The summed E-state index contributed by atoms with van der Waals surface area (Å²) in [5.41, 5.74) is 1.78. The van der Waals surface area contributed by atoms with Gasteiger partial charge in [-0.3, -0.25) is 4.79 Å². The molecule has 2 unspecified atom stereocenters. The molecule has 0 bridgehead atoms. The number of anilines is 1. The van der Waals surface area contributed by atoms with Crippen molar-refractivity contribution in [3.05, 3.63) is 28.8 Å². The fourth-order valence-electron chi connectivity index (χ4n) is 3.71. The van der Waals surface area contributed by atoms with Crippen LogP contribution in [0.3, 0.4) is 0 Å². The number of carbonyl (C=O) groups excluding carboxylic acids is 1. The number of rotatable bonds is 2. The summed E-state index contributed by atoms with van der Waals surface area (Å²) in [6.07, 6.45) is 7.71. The summed E-state index contributed by atoms with van der Waals surface area (Å²) in [7, 11) is 0. The zero-order valence-electron chi connectivity index (χ0n) is 11.1. The van der Waals surface area contributed by atoms with Gasteiger partial charge in [-0.05, 0) is 42.9 Å². The molecule has 1 aliphatic carbocycles. The van der Waals surface area contributed by atoms with Gasteiger partial charge in [0.1, 0.15) is 0 Å². The Balaban J connectivity index is 1.82. The van der Waals surface area contributed by atoms with Gasteiger partial charge in [-0.1, -0.05) is 30.9 Å². The number of hydrogen-bond donors (Lipinski definition) is 0. The van der Waals surface area contributed by atoms with Crippen LogP contribution in [0, 0.1) is 11.8 Å². The Morgan fingerprint density at radius 3 is 2.74 bits per heavy atom. The van der Waals surface area contributed by atoms with Crippen molar-refractivity contribution in [2.75, 3.05) is 18.0 Å². The van der Waals surface area contributed by atoms with Crippen LogP contribution in [0.25, 0.3) is 0 Å². The van der Waals surface area contributed by atoms with Gasteiger partial charge in [-0.15, -0.1) is 0 Å². The summed E-state index contributed by atoms with van der Waals surface area (Å²) < 4.78 is 0. The molecule has 0 radical (unpaired) electrons. The van der Waals surface area contributed by atoms with Crippen molar-refractivity contribution in [3.63, 3.8) is 0 Å². The summed E-state index contributed by atoms with van der Waals surface area (Å²) in [4.78, 5) is 13.6. The van der Waals surface area contributed by atoms with Crippen LogP contribution in [-0.2, 0) is 0 Å². The Morgan fingerprint density at radius 1 is 1.16 bits per heavy atom. The monoisotopic (exact) mass is 277 g/mol. The predicted octanol–water partition coefficient (Wildman–Crippen LogP) is 4.17. The SMILES string of the molecule is O=Cc1ccc(Cl)cc1N1CCC2CCCCC2C1. The third-order valence-corrected chi connectivity index (χ3v) is 4.99. The summed E-state index contributed by atoms with van der Waals surface area (Å²) >= 11 is 6.09. The quantitative estimate of drug-likeness (QED) is 0.756. The van der Waals surface area contributed by atoms with Gasteiger partial charge in [0.2, 0.25) is 0 Å². The van der Waals surface area contributed by atoms with Crippen molar-refractivity contribution < 1.29 is 4.79 Å². The van der Waals surface area contributed by atoms with Crippen LogP contribution in [-0.4, -0.2) is 19.4 Å². The molecule has 1 aromatic carbocycles. The molecule has 1 aromatic rings. The van der Waals surface area contributed by atoms with Crippen molar-refractivity contribution in [3.8, 4) is 0 Å². The Kier molecular flexibility index (Phi) is 3.79. The molecule has 0 amide bonds. The van der Waals surface area contributed by atoms with Crippen LogP contribution in [0.4, 0.5) is 5.69 Å². The Hall–Kier alpha value is -1.02. The lowest BCUT2D eigenvalue weighted by molar-refractivity contribution is 0.112. The van der Waals surface area contributed by atoms with Gasteiger partial charge in [-0.2, -0.15) is 0 Å². The highest BCUT2D eigenvalue weighted by atomic mass is 35.5. The molecule has 1 aliphatic heterocycles. The summed E-state index contributed by atoms with van der Waals surface area (Å²) in [6.45, 7) is 2.15. The molecule has 3 rings (SSSR count). The van der Waals surface area contributed by atoms with E-state index in [0.717, 1.165) is 42.5 Å². The fraction of sp³-hybridized carbons (Fsp3) is 0.562. The standard InChI is InChI=1S/C16H20ClNO/c17-15-6-5-14(11-19)16(9-15)18-8-7-12-3-1-2-4-13(12)10-18/h5-6,9,11-13H,1-4,7-8,10H2. The van der Waals surface area contributed by atoms with E-state index in [1.54, 1.807) is 6.07 Å². The minimum Gasteiger partial charge on any atom is -0.371 e. The molecule has 1 saturated carbocycles. The third-order valence-electron chi connectivity index (χ3n) is 4.75. The van der Waals surface area contributed by atoms with Crippen LogP contribution in [0.15, 0.2) is 18.2 Å². The first-order valence-electron chi connectivity index (χ1n) is 7.27. The fourth-order valence-corrected chi connectivity index (χ4v) is 3.88. The topological polar surface area (TPSA) is 20.3 Å². The zero-order valence-corrected chi connectivity index (χ0v) is 11.9. The maximum atomic E-state index is 11.2. The first kappa shape index (κ1) is 13.0. The number of aldehydes is 1. The second kappa shape index (κ2) is 5.54. The van der Waals surface area contributed by atoms with Gasteiger partial charge in [0.25, 0.3) is 0 Å². The molecule has 1 heterocycles. The molecule has 3 heteroatoms. The molecular weight excluding hydrogens is 258 g/mol. The van der Waals surface area contributed by atoms with Gasteiger partial charge in [-0.25, -0.2) is 0 Å². The number of hydrogen-bond acceptors (Lipinski definition) is 2. The van der Waals surface area contributed by atoms with E-state index in [4.69, 9.17) is 11.6 Å². The molecule has 0 spiro atoms. The third kappa shape index (κ3) is 2.64. The highest BCUT2D eigenvalue weighted by Gasteiger charge is 2.31. The number of nitrogens with zero attached hydrogens (tertiary/aromatic N) is 1. The van der Waals surface area contributed by atoms with Gasteiger partial charge in [0.15, 0.2) is 6.29 Å². The second-order valence-electron chi connectivity index (χ2n) is 5.86. The van der Waals surface area contributed by atoms with Crippen LogP contribution in [0.1, 0.15) is 42.5 Å². The van der Waals surface area contributed by atoms with E-state index in [9.17, 15) is 4.79 Å². The number of benzene rings is 1. The normalized spacial score (nSPS) is 26.9. The molecule has 19 heavy (non-hydrogen) atoms. The molecule has 0 aromatic heterocycles. The van der Waals surface area contributed by atoms with Gasteiger partial charge >= 0.3 is 0 Å². The maximum Gasteiger partial charge on any atom is 0.152 e. The maximum absolute atomic E-state index is 11.2. The first-order chi connectivity index (χ1) is 9.28. The van der Waals surface area contributed by atoms with Crippen molar-refractivity contribution in [1.29, 1.82) is 0 Å². The Morgan fingerprint density at radius 2 is 1.95 bits per heavy atom. The van der Waals surface area contributed by atoms with E-state index < -0.39 is 0 Å². The number of halogens is 1. The van der Waals surface area contributed by atoms with Gasteiger partial charge < -0.3 is 4.90 Å². The van der Waals surface area contributed by atoms with Gasteiger partial charge in [0.05, 0.1) is 0 Å². The summed E-state index contributed by atoms with van der Waals surface area (Å²) in [5.74, 6) is 1.71. The van der Waals surface area contributed by atoms with Crippen molar-refractivity contribution in [2.24, 2.45) is 11.8 Å². The molecule has 1 saturated heterocycles. The van der Waals surface area contributed by atoms with E-state index in [0.29, 0.717) is 5.02 Å². The average molecular weight is 278 g/mol.